The van der Waals surface area contributed by atoms with Crippen molar-refractivity contribution in [2.24, 2.45) is 70.0 Å². The van der Waals surface area contributed by atoms with Crippen molar-refractivity contribution in [3.63, 3.8) is 0 Å². The van der Waals surface area contributed by atoms with E-state index in [-0.39, 0.29) is 66.4 Å². The first-order valence-corrected chi connectivity index (χ1v) is 37.1. The Hall–Kier alpha value is -6.26. The van der Waals surface area contributed by atoms with E-state index in [0.717, 1.165) is 41.3 Å². The molecular weight excluding hydrogens is 1280 g/mol. The number of rotatable bonds is 10. The molecule has 9 rings (SSSR count). The first-order valence-electron chi connectivity index (χ1n) is 37.1. The Bertz CT molecular complexity index is 3460. The fourth-order valence-electron chi connectivity index (χ4n) is 17.8. The number of hydrogen-bond acceptors (Lipinski definition) is 19. The van der Waals surface area contributed by atoms with Crippen LogP contribution < -0.4 is 0 Å². The lowest BCUT2D eigenvalue weighted by Crippen LogP contribution is -2.60. The molecule has 21 nitrogen and oxygen atoms in total. The van der Waals surface area contributed by atoms with Gasteiger partial charge in [-0.1, -0.05) is 129 Å². The van der Waals surface area contributed by atoms with Gasteiger partial charge in [0.05, 0.1) is 42.0 Å². The first-order chi connectivity index (χ1) is 46.9. The number of esters is 2. The number of aliphatic hydroxyl groups is 1. The van der Waals surface area contributed by atoms with Gasteiger partial charge in [0, 0.05) is 59.5 Å². The molecule has 6 aliphatic rings. The molecule has 4 saturated heterocycles. The lowest BCUT2D eigenvalue weighted by Gasteiger charge is -2.46. The summed E-state index contributed by atoms with van der Waals surface area (Å²) in [5.41, 5.74) is -0.921. The van der Waals surface area contributed by atoms with Crippen LogP contribution in [-0.4, -0.2) is 144 Å². The number of pyridine rings is 1. The summed E-state index contributed by atoms with van der Waals surface area (Å²) in [6, 6.07) is 6.82. The van der Waals surface area contributed by atoms with Crippen molar-refractivity contribution in [1.82, 2.24) is 19.4 Å². The zero-order chi connectivity index (χ0) is 74.0. The normalized spacial score (nSPS) is 38.5. The second-order valence-electron chi connectivity index (χ2n) is 31.9. The third-order valence-electron chi connectivity index (χ3n) is 23.4. The zero-order valence-electron chi connectivity index (χ0n) is 63.4. The highest BCUT2D eigenvalue weighted by molar-refractivity contribution is 6.01. The van der Waals surface area contributed by atoms with Crippen molar-refractivity contribution >= 4 is 58.2 Å². The fourth-order valence-corrected chi connectivity index (χ4v) is 17.8. The maximum absolute atomic E-state index is 15.0. The number of carbonyl (C=O) groups is 8. The van der Waals surface area contributed by atoms with Crippen LogP contribution >= 0.6 is 0 Å². The Kier molecular flexibility index (Phi) is 25.6. The maximum atomic E-state index is 15.0. The Morgan fingerprint density at radius 2 is 1.25 bits per heavy atom. The lowest BCUT2D eigenvalue weighted by molar-refractivity contribution is -0.284. The van der Waals surface area contributed by atoms with E-state index in [0.29, 0.717) is 43.6 Å². The van der Waals surface area contributed by atoms with Crippen LogP contribution in [0.25, 0.3) is 10.9 Å². The van der Waals surface area contributed by atoms with Gasteiger partial charge in [0.2, 0.25) is 0 Å². The van der Waals surface area contributed by atoms with Gasteiger partial charge in [-0.05, 0) is 157 Å². The van der Waals surface area contributed by atoms with E-state index in [9.17, 15) is 43.5 Å². The van der Waals surface area contributed by atoms with Crippen LogP contribution in [0.3, 0.4) is 0 Å². The van der Waals surface area contributed by atoms with E-state index < -0.39 is 143 Å². The number of hydrogen-bond donors (Lipinski definition) is 1. The van der Waals surface area contributed by atoms with Crippen LogP contribution in [0.1, 0.15) is 227 Å². The van der Waals surface area contributed by atoms with Gasteiger partial charge in [-0.3, -0.25) is 38.7 Å². The van der Waals surface area contributed by atoms with Crippen molar-refractivity contribution < 1.29 is 81.4 Å². The predicted octanol–water partition coefficient (Wildman–Crippen LogP) is 14.1. The number of para-hydroxylation sites is 1. The minimum absolute atomic E-state index is 0.00343. The topological polar surface area (TPSA) is 265 Å². The van der Waals surface area contributed by atoms with Gasteiger partial charge in [0.1, 0.15) is 42.3 Å². The molecule has 5 aliphatic heterocycles. The molecule has 3 aromatic rings. The lowest BCUT2D eigenvalue weighted by atomic mass is 9.68. The molecule has 0 bridgehead atoms. The van der Waals surface area contributed by atoms with Crippen molar-refractivity contribution in [2.75, 3.05) is 0 Å². The van der Waals surface area contributed by atoms with Crippen molar-refractivity contribution in [3.05, 3.63) is 72.0 Å². The van der Waals surface area contributed by atoms with Crippen molar-refractivity contribution in [1.29, 1.82) is 0 Å². The quantitative estimate of drug-likeness (QED) is 0.112. The third-order valence-corrected chi connectivity index (χ3v) is 23.4. The molecule has 3 unspecified atom stereocenters. The van der Waals surface area contributed by atoms with Crippen LogP contribution in [0.4, 0.5) is 9.59 Å². The molecule has 7 heterocycles. The molecule has 2 aromatic heterocycles. The van der Waals surface area contributed by atoms with E-state index in [2.05, 4.69) is 24.9 Å². The number of Topliss-reactive ketones (excluding diaryl/α,β-unsaturated/α-hetero) is 4. The molecule has 0 radical (unpaired) electrons. The standard InChI is InChI=1S/C44H62N2O9.C35H54N2O8/c1-11-34-44(12-2)38(46(42(51)55-44)33-19-15-17-29-30-16-13-14-18-32(30)45-22-31(29)33)26(6)35(47)24(4)21-43(9,10)39(27(7)37(49)28(8)40(50)53-34)54-41-36(48)23(3)20-25(5)52-41;1-12-27-35(13-2,45-33(41)37-15-14-36-19-37)18-22(5)28(38)21(4)17-34(10,11)30(25(8)29(39)26(9)31(40)43-27)44-32-24(7)20(3)16-23(6)42-32/h13-14,16,18,22-28,33-34,36,38-39,41,48H,11-12,15,17,19-21H2,1-10H3;14-15,18-21,23-27,30,32H,12-13,16-17H2,1-11H3/b;22-18+/t23-,24+,25+,26-,27-,28+,33?,34+,36+,38+,39+,41?,44+;20-,21+,23+,24+,25-,26+,27+,30+,32?,35-/m00/s1. The summed E-state index contributed by atoms with van der Waals surface area (Å²) in [4.78, 5) is 123. The number of benzene rings is 1. The van der Waals surface area contributed by atoms with Gasteiger partial charge < -0.3 is 43.0 Å². The summed E-state index contributed by atoms with van der Waals surface area (Å²) in [7, 11) is 0. The minimum atomic E-state index is -1.47. The van der Waals surface area contributed by atoms with Crippen LogP contribution in [0.5, 0.6) is 0 Å². The van der Waals surface area contributed by atoms with Gasteiger partial charge in [-0.25, -0.2) is 19.1 Å². The van der Waals surface area contributed by atoms with E-state index in [1.807, 2.05) is 107 Å². The molecular formula is C79H116N4O17. The smallest absolute Gasteiger partial charge is 0.420 e. The molecule has 0 spiro atoms. The Morgan fingerprint density at radius 1 is 0.690 bits per heavy atom. The second-order valence-corrected chi connectivity index (χ2v) is 31.9. The number of aliphatic hydroxyl groups excluding tert-OH is 1. The Morgan fingerprint density at radius 3 is 1.82 bits per heavy atom. The molecule has 1 N–H and O–H groups in total. The summed E-state index contributed by atoms with van der Waals surface area (Å²) < 4.78 is 51.7. The van der Waals surface area contributed by atoms with E-state index in [4.69, 9.17) is 42.9 Å². The molecule has 1 aliphatic carbocycles. The highest BCUT2D eigenvalue weighted by Gasteiger charge is 2.64. The van der Waals surface area contributed by atoms with E-state index in [1.54, 1.807) is 59.4 Å². The van der Waals surface area contributed by atoms with E-state index in [1.165, 1.54) is 23.3 Å². The number of ether oxygens (including phenoxy) is 8. The van der Waals surface area contributed by atoms with Gasteiger partial charge in [0.15, 0.2) is 41.1 Å². The number of imidazole rings is 1. The minimum Gasteiger partial charge on any atom is -0.457 e. The number of carbonyl (C=O) groups excluding carboxylic acids is 8. The number of cyclic esters (lactones) is 2. The van der Waals surface area contributed by atoms with Gasteiger partial charge >= 0.3 is 24.1 Å². The summed E-state index contributed by atoms with van der Waals surface area (Å²) in [5.74, 6) is -7.44. The first kappa shape index (κ1) is 79.4. The van der Waals surface area contributed by atoms with Gasteiger partial charge in [0.25, 0.3) is 0 Å². The highest BCUT2D eigenvalue weighted by atomic mass is 16.7. The largest absolute Gasteiger partial charge is 0.457 e. The monoisotopic (exact) mass is 1390 g/mol. The number of aromatic nitrogens is 3. The number of ketones is 4. The van der Waals surface area contributed by atoms with Crippen LogP contribution in [0.15, 0.2) is 60.8 Å². The molecule has 21 heteroatoms. The fraction of sp³-hybridized carbons (Fsp3) is 0.722. The molecule has 1 amide bonds. The summed E-state index contributed by atoms with van der Waals surface area (Å²) in [6.07, 6.45) is 6.21. The number of aryl methyl sites for hydroxylation is 1. The molecule has 4 fully saturated rings. The SMILES string of the molecule is CC[C@H]1OC(=O)[C@H](C)C(=O)[C@H](C)[C@@H](OC2O[C@H](C)C[C@H](C)[C@H]2C)C(C)(C)C[C@@H](C)C(=O)/C(C)=C/[C@]1(CC)OC(=O)n1ccnc1.CC[C@H]1OC(=O)[C@H](C)C(=O)[C@H](C)[C@@H](OC2O[C@H](C)C[C@H](C)[C@H]2O)C(C)(C)C[C@@H](C)C(=O)[C@H](C)[C@H]2N(C3CCCc4c3cnc3ccccc43)C(=O)O[C@]12CC. The number of nitrogens with zero attached hydrogens (tertiary/aromatic N) is 4. The average Bonchev–Trinajstić information content (AvgIpc) is 1.54. The van der Waals surface area contributed by atoms with Crippen LogP contribution in [-0.2, 0) is 73.1 Å². The van der Waals surface area contributed by atoms with Crippen molar-refractivity contribution in [2.45, 2.75) is 295 Å². The summed E-state index contributed by atoms with van der Waals surface area (Å²) in [5, 5.41) is 12.2. The van der Waals surface area contributed by atoms with Crippen LogP contribution in [0, 0.1) is 70.0 Å². The van der Waals surface area contributed by atoms with Crippen molar-refractivity contribution in [3.8, 4) is 0 Å². The number of allylic oxidation sites excluding steroid dienone is 1. The Balaban J connectivity index is 0.000000260. The average molecular weight is 1390 g/mol. The summed E-state index contributed by atoms with van der Waals surface area (Å²) in [6.45, 7) is 39.4. The van der Waals surface area contributed by atoms with E-state index >= 15 is 0 Å². The second kappa shape index (κ2) is 32.2. The van der Waals surface area contributed by atoms with Gasteiger partial charge in [-0.2, -0.15) is 0 Å². The predicted molar refractivity (Wildman–Crippen MR) is 376 cm³/mol. The zero-order valence-corrected chi connectivity index (χ0v) is 63.4. The molecule has 0 saturated carbocycles. The Labute approximate surface area is 593 Å². The molecule has 23 atom stereocenters. The van der Waals surface area contributed by atoms with Gasteiger partial charge in [-0.15, -0.1) is 0 Å². The highest BCUT2D eigenvalue weighted by Crippen LogP contribution is 2.51. The third kappa shape index (κ3) is 16.2. The summed E-state index contributed by atoms with van der Waals surface area (Å²) >= 11 is 0. The molecule has 1 aromatic carbocycles. The number of amides is 1. The number of fused-ring (bicyclic) bond motifs is 4. The molecule has 554 valence electrons. The maximum Gasteiger partial charge on any atom is 0.420 e. The van der Waals surface area contributed by atoms with Crippen LogP contribution in [0.2, 0.25) is 0 Å². The molecule has 100 heavy (non-hydrogen) atoms.